The van der Waals surface area contributed by atoms with Crippen molar-refractivity contribution in [2.24, 2.45) is 0 Å². The maximum absolute atomic E-state index is 6.04. The molecule has 0 bridgehead atoms. The highest BCUT2D eigenvalue weighted by atomic mass is 32.1. The van der Waals surface area contributed by atoms with E-state index in [2.05, 4.69) is 44.1 Å². The lowest BCUT2D eigenvalue weighted by Crippen LogP contribution is -2.41. The van der Waals surface area contributed by atoms with Gasteiger partial charge in [-0.3, -0.25) is 0 Å². The van der Waals surface area contributed by atoms with E-state index < -0.39 is 0 Å². The molecule has 1 aliphatic rings. The largest absolute Gasteiger partial charge is 0.505 e. The van der Waals surface area contributed by atoms with E-state index in [0.29, 0.717) is 0 Å². The fourth-order valence-electron chi connectivity index (χ4n) is 1.97. The zero-order valence-electron chi connectivity index (χ0n) is 11.6. The summed E-state index contributed by atoms with van der Waals surface area (Å²) in [5, 5.41) is 2.09. The van der Waals surface area contributed by atoms with Gasteiger partial charge in [0.2, 0.25) is 0 Å². The molecule has 4 nitrogen and oxygen atoms in total. The van der Waals surface area contributed by atoms with Gasteiger partial charge in [0.15, 0.2) is 0 Å². The highest BCUT2D eigenvalue weighted by Crippen LogP contribution is 2.37. The van der Waals surface area contributed by atoms with Crippen LogP contribution in [0.15, 0.2) is 30.2 Å². The molecule has 0 aromatic carbocycles. The second-order valence-electron chi connectivity index (χ2n) is 5.77. The highest BCUT2D eigenvalue weighted by molar-refractivity contribution is 7.21. The van der Waals surface area contributed by atoms with Crippen LogP contribution < -0.4 is 4.78 Å². The summed E-state index contributed by atoms with van der Waals surface area (Å²) in [4.78, 5) is 4.06. The van der Waals surface area contributed by atoms with Gasteiger partial charge in [0, 0.05) is 22.6 Å². The fourth-order valence-corrected chi connectivity index (χ4v) is 2.81. The number of thiophene rings is 1. The molecule has 1 saturated heterocycles. The second kappa shape index (κ2) is 4.20. The molecule has 0 atom stereocenters. The van der Waals surface area contributed by atoms with Gasteiger partial charge in [-0.1, -0.05) is 0 Å². The Kier molecular flexibility index (Phi) is 2.85. The summed E-state index contributed by atoms with van der Waals surface area (Å²) in [6, 6.07) is 2.09. The molecule has 1 fully saturated rings. The van der Waals surface area contributed by atoms with Gasteiger partial charge in [-0.2, -0.15) is 11.3 Å². The molecule has 0 amide bonds. The van der Waals surface area contributed by atoms with E-state index in [9.17, 15) is 0 Å². The summed E-state index contributed by atoms with van der Waals surface area (Å²) in [6.45, 7) is 8.27. The molecular weight excluding hydrogens is 259 g/mol. The summed E-state index contributed by atoms with van der Waals surface area (Å²) in [5.74, 6) is 0. The van der Waals surface area contributed by atoms with E-state index in [-0.39, 0.29) is 18.3 Å². The average Bonchev–Trinajstić information content (AvgIpc) is 3.00. The zero-order chi connectivity index (χ0) is 13.7. The summed E-state index contributed by atoms with van der Waals surface area (Å²) >= 11 is 1.65. The Labute approximate surface area is 117 Å². The lowest BCUT2D eigenvalue weighted by atomic mass is 9.88. The van der Waals surface area contributed by atoms with E-state index in [1.54, 1.807) is 23.9 Å². The molecule has 0 spiro atoms. The third-order valence-corrected chi connectivity index (χ3v) is 4.84. The molecule has 2 aromatic rings. The molecule has 1 aliphatic heterocycles. The first-order valence-corrected chi connectivity index (χ1v) is 7.19. The number of rotatable bonds is 2. The summed E-state index contributed by atoms with van der Waals surface area (Å²) < 4.78 is 15.2. The van der Waals surface area contributed by atoms with E-state index in [0.717, 1.165) is 10.5 Å². The molecule has 6 heteroatoms. The molecule has 100 valence electrons. The first kappa shape index (κ1) is 12.9. The van der Waals surface area contributed by atoms with E-state index in [1.165, 1.54) is 0 Å². The van der Waals surface area contributed by atoms with Gasteiger partial charge in [-0.05, 0) is 33.8 Å². The van der Waals surface area contributed by atoms with Crippen LogP contribution in [-0.2, 0) is 9.31 Å². The minimum absolute atomic E-state index is 0.285. The minimum Gasteiger partial charge on any atom is -0.399 e. The Morgan fingerprint density at radius 1 is 1.21 bits per heavy atom. The van der Waals surface area contributed by atoms with Crippen LogP contribution in [0.2, 0.25) is 0 Å². The third-order valence-electron chi connectivity index (χ3n) is 3.89. The highest BCUT2D eigenvalue weighted by Gasteiger charge is 2.52. The van der Waals surface area contributed by atoms with Gasteiger partial charge in [0.1, 0.15) is 0 Å². The van der Waals surface area contributed by atoms with Gasteiger partial charge in [-0.25, -0.2) is 4.98 Å². The van der Waals surface area contributed by atoms with Crippen molar-refractivity contribution < 1.29 is 9.31 Å². The molecule has 0 saturated carbocycles. The lowest BCUT2D eigenvalue weighted by molar-refractivity contribution is 0.00578. The molecule has 19 heavy (non-hydrogen) atoms. The van der Waals surface area contributed by atoms with Gasteiger partial charge in [-0.15, -0.1) is 0 Å². The quantitative estimate of drug-likeness (QED) is 0.789. The SMILES string of the molecule is CC1(C)OB(c2cc(-n3ccnc3)cs2)OC1(C)C. The maximum Gasteiger partial charge on any atom is 0.505 e. The number of hydrogen-bond acceptors (Lipinski definition) is 4. The van der Waals surface area contributed by atoms with Crippen LogP contribution in [0.3, 0.4) is 0 Å². The van der Waals surface area contributed by atoms with Crippen molar-refractivity contribution in [2.45, 2.75) is 38.9 Å². The topological polar surface area (TPSA) is 36.3 Å². The van der Waals surface area contributed by atoms with E-state index >= 15 is 0 Å². The molecule has 0 unspecified atom stereocenters. The van der Waals surface area contributed by atoms with Crippen molar-refractivity contribution in [1.29, 1.82) is 0 Å². The fraction of sp³-hybridized carbons (Fsp3) is 0.462. The third kappa shape index (κ3) is 2.14. The predicted molar refractivity (Wildman–Crippen MR) is 77.2 cm³/mol. The standard InChI is InChI=1S/C13H17BN2O2S/c1-12(2)13(3,4)18-14(17-12)11-7-10(8-19-11)16-6-5-15-9-16/h5-9H,1-4H3. The first-order valence-electron chi connectivity index (χ1n) is 6.31. The Balaban J connectivity index is 1.85. The van der Waals surface area contributed by atoms with Gasteiger partial charge in [0.05, 0.1) is 23.2 Å². The number of imidazole rings is 1. The Bertz CT molecular complexity index is 561. The Morgan fingerprint density at radius 3 is 2.47 bits per heavy atom. The van der Waals surface area contributed by atoms with Crippen LogP contribution in [-0.4, -0.2) is 27.9 Å². The van der Waals surface area contributed by atoms with Crippen molar-refractivity contribution in [3.63, 3.8) is 0 Å². The van der Waals surface area contributed by atoms with Crippen molar-refractivity contribution in [3.8, 4) is 5.69 Å². The van der Waals surface area contributed by atoms with Crippen LogP contribution in [0.4, 0.5) is 0 Å². The molecule has 2 aromatic heterocycles. The van der Waals surface area contributed by atoms with Gasteiger partial charge >= 0.3 is 7.12 Å². The average molecular weight is 276 g/mol. The van der Waals surface area contributed by atoms with Gasteiger partial charge < -0.3 is 13.9 Å². The second-order valence-corrected chi connectivity index (χ2v) is 6.71. The Hall–Kier alpha value is -1.11. The summed E-state index contributed by atoms with van der Waals surface area (Å²) in [6.07, 6.45) is 5.48. The van der Waals surface area contributed by atoms with Gasteiger partial charge in [0.25, 0.3) is 0 Å². The normalized spacial score (nSPS) is 20.9. The summed E-state index contributed by atoms with van der Waals surface area (Å²) in [7, 11) is -0.285. The molecule has 0 aliphatic carbocycles. The number of aromatic nitrogens is 2. The molecule has 0 N–H and O–H groups in total. The van der Waals surface area contributed by atoms with Crippen LogP contribution in [0, 0.1) is 0 Å². The summed E-state index contributed by atoms with van der Waals surface area (Å²) in [5.41, 5.74) is 0.500. The van der Waals surface area contributed by atoms with Crippen molar-refractivity contribution in [1.82, 2.24) is 9.55 Å². The first-order chi connectivity index (χ1) is 8.89. The molecule has 0 radical (unpaired) electrons. The smallest absolute Gasteiger partial charge is 0.399 e. The number of hydrogen-bond donors (Lipinski definition) is 0. The lowest BCUT2D eigenvalue weighted by Gasteiger charge is -2.32. The predicted octanol–water partition coefficient (Wildman–Crippen LogP) is 2.23. The monoisotopic (exact) mass is 276 g/mol. The van der Waals surface area contributed by atoms with Crippen LogP contribution in [0.1, 0.15) is 27.7 Å². The molecule has 3 heterocycles. The zero-order valence-corrected chi connectivity index (χ0v) is 12.4. The van der Waals surface area contributed by atoms with Crippen LogP contribution >= 0.6 is 11.3 Å². The van der Waals surface area contributed by atoms with Crippen LogP contribution in [0.5, 0.6) is 0 Å². The van der Waals surface area contributed by atoms with E-state index in [1.807, 2.05) is 10.8 Å². The van der Waals surface area contributed by atoms with Crippen molar-refractivity contribution in [3.05, 3.63) is 30.2 Å². The Morgan fingerprint density at radius 2 is 1.89 bits per heavy atom. The van der Waals surface area contributed by atoms with Crippen molar-refractivity contribution >= 4 is 23.2 Å². The van der Waals surface area contributed by atoms with Crippen molar-refractivity contribution in [2.75, 3.05) is 0 Å². The maximum atomic E-state index is 6.04. The molecule has 3 rings (SSSR count). The van der Waals surface area contributed by atoms with Crippen LogP contribution in [0.25, 0.3) is 5.69 Å². The number of nitrogens with zero attached hydrogens (tertiary/aromatic N) is 2. The minimum atomic E-state index is -0.295. The molecular formula is C13H17BN2O2S. The van der Waals surface area contributed by atoms with E-state index in [4.69, 9.17) is 9.31 Å².